The topological polar surface area (TPSA) is 78.4 Å². The Morgan fingerprint density at radius 2 is 1.75 bits per heavy atom. The van der Waals surface area contributed by atoms with Gasteiger partial charge in [-0.25, -0.2) is 9.97 Å². The van der Waals surface area contributed by atoms with E-state index in [4.69, 9.17) is 0 Å². The number of hydrogen-bond acceptors (Lipinski definition) is 5. The molecule has 32 heavy (non-hydrogen) atoms. The second-order valence-electron chi connectivity index (χ2n) is 9.29. The van der Waals surface area contributed by atoms with Crippen molar-refractivity contribution in [3.05, 3.63) is 58.7 Å². The van der Waals surface area contributed by atoms with E-state index in [1.807, 2.05) is 30.0 Å². The third-order valence-electron chi connectivity index (χ3n) is 6.85. The predicted octanol–water partition coefficient (Wildman–Crippen LogP) is 2.93. The number of piperidine rings is 1. The summed E-state index contributed by atoms with van der Waals surface area (Å²) in [5, 5.41) is 2.64. The highest BCUT2D eigenvalue weighted by Crippen LogP contribution is 2.34. The summed E-state index contributed by atoms with van der Waals surface area (Å²) in [6.45, 7) is 8.39. The van der Waals surface area contributed by atoms with Crippen LogP contribution in [0.5, 0.6) is 0 Å². The molecule has 2 aliphatic rings. The number of amides is 2. The molecule has 7 nitrogen and oxygen atoms in total. The third kappa shape index (κ3) is 4.67. The van der Waals surface area contributed by atoms with Crippen LogP contribution in [-0.2, 0) is 12.0 Å². The molecule has 2 saturated heterocycles. The largest absolute Gasteiger partial charge is 0.354 e. The monoisotopic (exact) mass is 435 g/mol. The maximum atomic E-state index is 13.4. The van der Waals surface area contributed by atoms with Crippen molar-refractivity contribution in [2.24, 2.45) is 0 Å². The van der Waals surface area contributed by atoms with Crippen LogP contribution in [0.2, 0.25) is 0 Å². The van der Waals surface area contributed by atoms with Gasteiger partial charge in [0.2, 0.25) is 0 Å². The predicted molar refractivity (Wildman–Crippen MR) is 124 cm³/mol. The van der Waals surface area contributed by atoms with Crippen molar-refractivity contribution in [3.63, 3.8) is 0 Å². The van der Waals surface area contributed by atoms with Gasteiger partial charge in [-0.3, -0.25) is 14.5 Å². The van der Waals surface area contributed by atoms with E-state index in [0.29, 0.717) is 24.6 Å². The van der Waals surface area contributed by atoms with Crippen LogP contribution >= 0.6 is 0 Å². The minimum atomic E-state index is -0.263. The van der Waals surface area contributed by atoms with Gasteiger partial charge in [-0.1, -0.05) is 25.1 Å². The fraction of sp³-hybridized carbons (Fsp3) is 0.520. The van der Waals surface area contributed by atoms with Crippen molar-refractivity contribution in [2.45, 2.75) is 51.5 Å². The van der Waals surface area contributed by atoms with Crippen LogP contribution in [0.15, 0.2) is 30.3 Å². The molecule has 4 rings (SSSR count). The average Bonchev–Trinajstić information content (AvgIpc) is 3.31. The van der Waals surface area contributed by atoms with Gasteiger partial charge >= 0.3 is 0 Å². The molecular weight excluding hydrogens is 402 g/mol. The summed E-state index contributed by atoms with van der Waals surface area (Å²) in [5.74, 6) is 0.596. The number of benzene rings is 1. The molecule has 0 radical (unpaired) electrons. The number of likely N-dealkylation sites (tertiary alicyclic amines) is 2. The fourth-order valence-corrected chi connectivity index (χ4v) is 4.73. The van der Waals surface area contributed by atoms with E-state index >= 15 is 0 Å². The molecule has 2 amide bonds. The molecule has 170 valence electrons. The van der Waals surface area contributed by atoms with Gasteiger partial charge in [-0.05, 0) is 63.4 Å². The van der Waals surface area contributed by atoms with Crippen molar-refractivity contribution >= 4 is 11.8 Å². The Kier molecular flexibility index (Phi) is 6.55. The summed E-state index contributed by atoms with van der Waals surface area (Å²) in [5.41, 5.74) is 2.84. The molecule has 2 aliphatic heterocycles. The molecule has 0 atom stereocenters. The van der Waals surface area contributed by atoms with E-state index in [0.717, 1.165) is 49.3 Å². The van der Waals surface area contributed by atoms with E-state index in [1.54, 1.807) is 13.1 Å². The van der Waals surface area contributed by atoms with Crippen molar-refractivity contribution in [1.82, 2.24) is 25.1 Å². The zero-order valence-corrected chi connectivity index (χ0v) is 19.4. The van der Waals surface area contributed by atoms with Crippen molar-refractivity contribution in [1.29, 1.82) is 0 Å². The molecule has 0 bridgehead atoms. The number of carbonyl (C=O) groups is 2. The quantitative estimate of drug-likeness (QED) is 0.781. The van der Waals surface area contributed by atoms with Crippen LogP contribution in [0.1, 0.15) is 70.5 Å². The summed E-state index contributed by atoms with van der Waals surface area (Å²) in [6, 6.07) is 9.73. The van der Waals surface area contributed by atoms with Gasteiger partial charge in [0.25, 0.3) is 11.8 Å². The van der Waals surface area contributed by atoms with E-state index in [9.17, 15) is 9.59 Å². The minimum absolute atomic E-state index is 0.109. The molecular formula is C25H33N5O2. The second-order valence-corrected chi connectivity index (χ2v) is 9.29. The maximum Gasteiger partial charge on any atom is 0.269 e. The van der Waals surface area contributed by atoms with Crippen LogP contribution in [0.3, 0.4) is 0 Å². The van der Waals surface area contributed by atoms with Crippen LogP contribution in [0, 0.1) is 6.92 Å². The van der Waals surface area contributed by atoms with E-state index in [-0.39, 0.29) is 17.2 Å². The standard InChI is InChI=1S/C25H33N5O2/c1-18-16-21(22(31)26-3)28-24(27-18)25(2)10-14-30(15-11-25)23(32)20-9-5-4-8-19(20)17-29-12-6-7-13-29/h4-5,8-9,16H,6-7,10-15,17H2,1-3H3,(H,26,31). The van der Waals surface area contributed by atoms with Gasteiger partial charge in [-0.15, -0.1) is 0 Å². The van der Waals surface area contributed by atoms with E-state index in [1.165, 1.54) is 12.8 Å². The van der Waals surface area contributed by atoms with Crippen LogP contribution in [-0.4, -0.2) is 64.8 Å². The number of nitrogens with one attached hydrogen (secondary N) is 1. The minimum Gasteiger partial charge on any atom is -0.354 e. The SMILES string of the molecule is CNC(=O)c1cc(C)nc(C2(C)CCN(C(=O)c3ccccc3CN3CCCC3)CC2)n1. The second kappa shape index (κ2) is 9.36. The number of aryl methyl sites for hydroxylation is 1. The molecule has 7 heteroatoms. The van der Waals surface area contributed by atoms with Crippen LogP contribution in [0.4, 0.5) is 0 Å². The Bertz CT molecular complexity index is 992. The van der Waals surface area contributed by atoms with Crippen molar-refractivity contribution in [3.8, 4) is 0 Å². The van der Waals surface area contributed by atoms with Crippen molar-refractivity contribution < 1.29 is 9.59 Å². The average molecular weight is 436 g/mol. The maximum absolute atomic E-state index is 13.4. The lowest BCUT2D eigenvalue weighted by Crippen LogP contribution is -2.45. The Hall–Kier alpha value is -2.80. The lowest BCUT2D eigenvalue weighted by Gasteiger charge is -2.38. The van der Waals surface area contributed by atoms with Gasteiger partial charge in [0.05, 0.1) is 0 Å². The summed E-state index contributed by atoms with van der Waals surface area (Å²) >= 11 is 0. The first kappa shape index (κ1) is 22.4. The summed E-state index contributed by atoms with van der Waals surface area (Å²) in [7, 11) is 1.60. The molecule has 2 fully saturated rings. The number of aromatic nitrogens is 2. The summed E-state index contributed by atoms with van der Waals surface area (Å²) < 4.78 is 0. The third-order valence-corrected chi connectivity index (χ3v) is 6.85. The van der Waals surface area contributed by atoms with Gasteiger partial charge in [0.1, 0.15) is 11.5 Å². The van der Waals surface area contributed by atoms with Gasteiger partial charge in [0, 0.05) is 43.4 Å². The van der Waals surface area contributed by atoms with Crippen LogP contribution < -0.4 is 5.32 Å². The van der Waals surface area contributed by atoms with Gasteiger partial charge in [0.15, 0.2) is 0 Å². The normalized spacial score (nSPS) is 18.5. The van der Waals surface area contributed by atoms with Crippen LogP contribution in [0.25, 0.3) is 0 Å². The molecule has 0 aliphatic carbocycles. The van der Waals surface area contributed by atoms with Gasteiger partial charge < -0.3 is 10.2 Å². The molecule has 1 N–H and O–H groups in total. The molecule has 1 aromatic carbocycles. The zero-order chi connectivity index (χ0) is 22.7. The summed E-state index contributed by atoms with van der Waals surface area (Å²) in [6.07, 6.45) is 4.01. The molecule has 0 spiro atoms. The number of rotatable bonds is 5. The molecule has 0 saturated carbocycles. The molecule has 1 aromatic heterocycles. The Morgan fingerprint density at radius 1 is 1.06 bits per heavy atom. The Labute approximate surface area is 190 Å². The lowest BCUT2D eigenvalue weighted by molar-refractivity contribution is 0.0669. The number of hydrogen-bond donors (Lipinski definition) is 1. The van der Waals surface area contributed by atoms with Gasteiger partial charge in [-0.2, -0.15) is 0 Å². The molecule has 3 heterocycles. The first-order chi connectivity index (χ1) is 15.4. The van der Waals surface area contributed by atoms with E-state index < -0.39 is 0 Å². The Morgan fingerprint density at radius 3 is 2.44 bits per heavy atom. The molecule has 0 unspecified atom stereocenters. The van der Waals surface area contributed by atoms with Crippen molar-refractivity contribution in [2.75, 3.05) is 33.2 Å². The fourth-order valence-electron chi connectivity index (χ4n) is 4.73. The lowest BCUT2D eigenvalue weighted by atomic mass is 9.79. The first-order valence-electron chi connectivity index (χ1n) is 11.6. The number of nitrogens with zero attached hydrogens (tertiary/aromatic N) is 4. The Balaban J connectivity index is 1.48. The highest BCUT2D eigenvalue weighted by molar-refractivity contribution is 5.95. The number of carbonyl (C=O) groups excluding carboxylic acids is 2. The zero-order valence-electron chi connectivity index (χ0n) is 19.4. The highest BCUT2D eigenvalue weighted by atomic mass is 16.2. The van der Waals surface area contributed by atoms with E-state index in [2.05, 4.69) is 33.2 Å². The smallest absolute Gasteiger partial charge is 0.269 e. The first-order valence-corrected chi connectivity index (χ1v) is 11.6. The highest BCUT2D eigenvalue weighted by Gasteiger charge is 2.37. The molecule has 2 aromatic rings. The summed E-state index contributed by atoms with van der Waals surface area (Å²) in [4.78, 5) is 39.1.